The van der Waals surface area contributed by atoms with Crippen LogP contribution in [-0.4, -0.2) is 38.8 Å². The Labute approximate surface area is 272 Å². The van der Waals surface area contributed by atoms with Crippen LogP contribution in [0.25, 0.3) is 0 Å². The van der Waals surface area contributed by atoms with E-state index in [0.29, 0.717) is 42.5 Å². The number of carboxylic acid groups (broad SMARTS) is 1. The minimum Gasteiger partial charge on any atom is -0.807 e. The van der Waals surface area contributed by atoms with E-state index in [1.54, 1.807) is 13.2 Å². The zero-order chi connectivity index (χ0) is 23.9. The van der Waals surface area contributed by atoms with Crippen molar-refractivity contribution in [1.29, 1.82) is 0 Å². The summed E-state index contributed by atoms with van der Waals surface area (Å²) in [6, 6.07) is 5.36. The molecule has 1 aromatic rings. The molecule has 0 aliphatic carbocycles. The number of halogens is 1. The predicted octanol–water partition coefficient (Wildman–Crippen LogP) is -6.19. The van der Waals surface area contributed by atoms with Crippen molar-refractivity contribution >= 4 is 32.5 Å². The first kappa shape index (κ1) is 43.0. The van der Waals surface area contributed by atoms with Gasteiger partial charge in [0.1, 0.15) is 11.5 Å². The fourth-order valence-corrected chi connectivity index (χ4v) is 4.18. The molecule has 180 valence electrons. The summed E-state index contributed by atoms with van der Waals surface area (Å²) >= 11 is 6.12. The van der Waals surface area contributed by atoms with Gasteiger partial charge < -0.3 is 42.8 Å². The van der Waals surface area contributed by atoms with Gasteiger partial charge in [0.2, 0.25) is 0 Å². The van der Waals surface area contributed by atoms with Gasteiger partial charge in [-0.25, -0.2) is 0 Å². The Balaban J connectivity index is -0.000000393. The molecule has 0 unspecified atom stereocenters. The fourth-order valence-electron chi connectivity index (χ4n) is 2.23. The van der Waals surface area contributed by atoms with Crippen LogP contribution in [0.5, 0.6) is 11.5 Å². The van der Waals surface area contributed by atoms with Crippen LogP contribution in [0.1, 0.15) is 39.5 Å². The summed E-state index contributed by atoms with van der Waals surface area (Å²) in [6.45, 7) is 5.07. The largest absolute Gasteiger partial charge is 1.00 e. The molecule has 0 saturated heterocycles. The molecule has 0 amide bonds. The van der Waals surface area contributed by atoms with Gasteiger partial charge in [0.15, 0.2) is 0 Å². The molecule has 0 saturated carbocycles. The quantitative estimate of drug-likeness (QED) is 0.120. The van der Waals surface area contributed by atoms with Crippen LogP contribution in [-0.2, 0) is 18.2 Å². The molecule has 16 heteroatoms. The second kappa shape index (κ2) is 24.0. The Kier molecular flexibility index (Phi) is 30.3. The molecular weight excluding hydrogens is 543 g/mol. The molecule has 0 spiro atoms. The molecular formula is C18H28ClNa3O10P2. The average molecular weight is 571 g/mol. The maximum atomic E-state index is 12.3. The van der Waals surface area contributed by atoms with Gasteiger partial charge in [0.05, 0.1) is 43.8 Å². The zero-order valence-corrected chi connectivity index (χ0v) is 29.3. The molecule has 0 N–H and O–H groups in total. The van der Waals surface area contributed by atoms with Gasteiger partial charge in [-0.1, -0.05) is 24.4 Å². The summed E-state index contributed by atoms with van der Waals surface area (Å²) in [7, 11) is -6.73. The number of ether oxygens (including phenoxy) is 2. The molecule has 0 heterocycles. The van der Waals surface area contributed by atoms with E-state index in [4.69, 9.17) is 54.4 Å². The van der Waals surface area contributed by atoms with Gasteiger partial charge in [-0.2, -0.15) is 0 Å². The van der Waals surface area contributed by atoms with E-state index in [9.17, 15) is 4.57 Å². The molecule has 0 fully saturated rings. The minimum absolute atomic E-state index is 0. The topological polar surface area (TPSA) is 157 Å². The monoisotopic (exact) mass is 570 g/mol. The van der Waals surface area contributed by atoms with E-state index in [2.05, 4.69) is 0 Å². The number of methoxy groups -OCH3 is 1. The smallest absolute Gasteiger partial charge is 0.807 e. The van der Waals surface area contributed by atoms with Crippen LogP contribution < -0.4 is 113 Å². The van der Waals surface area contributed by atoms with Gasteiger partial charge in [-0.05, 0) is 46.4 Å². The Morgan fingerprint density at radius 1 is 0.971 bits per heavy atom. The average Bonchev–Trinajstić information content (AvgIpc) is 2.68. The second-order valence-electron chi connectivity index (χ2n) is 5.99. The van der Waals surface area contributed by atoms with E-state index < -0.39 is 20.9 Å². The predicted molar refractivity (Wildman–Crippen MR) is 111 cm³/mol. The summed E-state index contributed by atoms with van der Waals surface area (Å²) < 4.78 is 42.7. The number of benzene rings is 1. The standard InChI is InChI=1S/C17H28ClO5P.CH3O5P.3Na/c1-4-22-24(19,23-5-2)13-9-7-6-8-12-21-17-11-10-15(20-3)14-16(17)18;2-1(3)7(4,5)6;;;/h10-11,14H,4-9,12-13H2,1-3H3;(H,2,3)(H2,4,5,6);;;/q;;3*+1/p-3. The molecule has 34 heavy (non-hydrogen) atoms. The van der Waals surface area contributed by atoms with Crippen molar-refractivity contribution in [3.63, 3.8) is 0 Å². The third-order valence-corrected chi connectivity index (χ3v) is 6.51. The maximum Gasteiger partial charge on any atom is 1.00 e. The van der Waals surface area contributed by atoms with E-state index in [0.717, 1.165) is 25.7 Å². The van der Waals surface area contributed by atoms with Crippen molar-refractivity contribution in [2.75, 3.05) is 33.1 Å². The number of unbranched alkanes of at least 4 members (excludes halogenated alkanes) is 3. The normalized spacial score (nSPS) is 10.4. The Morgan fingerprint density at radius 3 is 1.88 bits per heavy atom. The van der Waals surface area contributed by atoms with Gasteiger partial charge in [-0.15, -0.1) is 0 Å². The molecule has 0 radical (unpaired) electrons. The summed E-state index contributed by atoms with van der Waals surface area (Å²) in [5.41, 5.74) is -2.56. The zero-order valence-electron chi connectivity index (χ0n) is 20.7. The fraction of sp³-hybridized carbons (Fsp3) is 0.611. The SMILES string of the molecule is CCOP(=O)(CCCCCCOc1ccc(OC)cc1Cl)OCC.O=C([O-])P(=O)([O-])[O-].[Na+].[Na+].[Na+]. The van der Waals surface area contributed by atoms with Crippen LogP contribution in [0.3, 0.4) is 0 Å². The van der Waals surface area contributed by atoms with E-state index in [1.807, 2.05) is 26.0 Å². The number of hydrogen-bond donors (Lipinski definition) is 0. The molecule has 1 aromatic carbocycles. The van der Waals surface area contributed by atoms with Crippen molar-refractivity contribution < 1.29 is 136 Å². The first-order chi connectivity index (χ1) is 14.5. The van der Waals surface area contributed by atoms with Crippen LogP contribution >= 0.6 is 26.8 Å². The first-order valence-electron chi connectivity index (χ1n) is 9.57. The van der Waals surface area contributed by atoms with Crippen LogP contribution in [0.2, 0.25) is 5.02 Å². The van der Waals surface area contributed by atoms with Crippen LogP contribution in [0.4, 0.5) is 4.79 Å². The van der Waals surface area contributed by atoms with E-state index >= 15 is 0 Å². The molecule has 0 bridgehead atoms. The number of rotatable bonds is 14. The van der Waals surface area contributed by atoms with Crippen molar-refractivity contribution in [1.82, 2.24) is 0 Å². The first-order valence-corrected chi connectivity index (χ1v) is 13.2. The van der Waals surface area contributed by atoms with Crippen molar-refractivity contribution in [2.45, 2.75) is 39.5 Å². The number of hydrogen-bond acceptors (Lipinski definition) is 10. The summed E-state index contributed by atoms with van der Waals surface area (Å²) in [6.07, 6.45) is 4.16. The Hall–Kier alpha value is 1.88. The molecule has 0 aliphatic rings. The van der Waals surface area contributed by atoms with Gasteiger partial charge in [0, 0.05) is 6.07 Å². The molecule has 0 aliphatic heterocycles. The molecule has 0 atom stereocenters. The summed E-state index contributed by atoms with van der Waals surface area (Å²) in [5.74, 6) is 1.37. The molecule has 1 rings (SSSR count). The summed E-state index contributed by atoms with van der Waals surface area (Å²) in [5, 5.41) is 9.57. The third kappa shape index (κ3) is 20.9. The van der Waals surface area contributed by atoms with Crippen molar-refractivity contribution in [2.24, 2.45) is 0 Å². The number of carbonyl (C=O) groups excluding carboxylic acids is 1. The Bertz CT molecular complexity index is 757. The maximum absolute atomic E-state index is 12.3. The second-order valence-corrected chi connectivity index (χ2v) is 9.95. The van der Waals surface area contributed by atoms with Gasteiger partial charge >= 0.3 is 96.3 Å². The molecule has 10 nitrogen and oxygen atoms in total. The van der Waals surface area contributed by atoms with Crippen LogP contribution in [0, 0.1) is 0 Å². The number of carbonyl (C=O) groups is 1. The van der Waals surface area contributed by atoms with Crippen molar-refractivity contribution in [3.05, 3.63) is 23.2 Å². The van der Waals surface area contributed by atoms with Crippen molar-refractivity contribution in [3.8, 4) is 11.5 Å². The van der Waals surface area contributed by atoms with Gasteiger partial charge in [0.25, 0.3) is 0 Å². The van der Waals surface area contributed by atoms with Gasteiger partial charge in [-0.3, -0.25) is 4.57 Å². The summed E-state index contributed by atoms with van der Waals surface area (Å²) in [4.78, 5) is 27.3. The molecule has 0 aromatic heterocycles. The minimum atomic E-state index is -5.43. The third-order valence-electron chi connectivity index (χ3n) is 3.60. The Morgan fingerprint density at radius 2 is 1.47 bits per heavy atom. The van der Waals surface area contributed by atoms with E-state index in [-0.39, 0.29) is 88.7 Å². The van der Waals surface area contributed by atoms with Crippen LogP contribution in [0.15, 0.2) is 18.2 Å². The van der Waals surface area contributed by atoms with E-state index in [1.165, 1.54) is 0 Å².